The van der Waals surface area contributed by atoms with Gasteiger partial charge in [-0.25, -0.2) is 8.78 Å². The molecule has 1 aromatic rings. The Labute approximate surface area is 81.4 Å². The summed E-state index contributed by atoms with van der Waals surface area (Å²) in [4.78, 5) is 0. The van der Waals surface area contributed by atoms with Crippen LogP contribution in [-0.4, -0.2) is 5.11 Å². The van der Waals surface area contributed by atoms with Crippen molar-refractivity contribution in [3.8, 4) is 0 Å². The van der Waals surface area contributed by atoms with Crippen LogP contribution in [0.3, 0.4) is 0 Å². The first kappa shape index (κ1) is 9.59. The van der Waals surface area contributed by atoms with E-state index in [2.05, 4.69) is 0 Å². The van der Waals surface area contributed by atoms with Gasteiger partial charge in [-0.05, 0) is 43.4 Å². The molecule has 0 unspecified atom stereocenters. The number of hydrogen-bond donors (Lipinski definition) is 1. The van der Waals surface area contributed by atoms with Crippen LogP contribution in [-0.2, 0) is 5.60 Å². The number of benzene rings is 1. The second-order valence-corrected chi connectivity index (χ2v) is 3.92. The van der Waals surface area contributed by atoms with Gasteiger partial charge in [-0.2, -0.15) is 0 Å². The van der Waals surface area contributed by atoms with Crippen molar-refractivity contribution in [2.24, 2.45) is 0 Å². The zero-order valence-electron chi connectivity index (χ0n) is 7.98. The van der Waals surface area contributed by atoms with E-state index in [0.717, 1.165) is 12.5 Å². The van der Waals surface area contributed by atoms with E-state index in [0.29, 0.717) is 18.4 Å². The van der Waals surface area contributed by atoms with Crippen LogP contribution >= 0.6 is 0 Å². The van der Waals surface area contributed by atoms with Crippen molar-refractivity contribution in [1.82, 2.24) is 0 Å². The highest BCUT2D eigenvalue weighted by Crippen LogP contribution is 2.42. The molecule has 1 saturated carbocycles. The summed E-state index contributed by atoms with van der Waals surface area (Å²) in [5.74, 6) is -1.70. The summed E-state index contributed by atoms with van der Waals surface area (Å²) in [7, 11) is 0. The highest BCUT2D eigenvalue weighted by Gasteiger charge is 2.38. The zero-order valence-corrected chi connectivity index (χ0v) is 7.98. The molecular formula is C11H12F2O. The van der Waals surface area contributed by atoms with Gasteiger partial charge in [-0.1, -0.05) is 6.07 Å². The van der Waals surface area contributed by atoms with E-state index in [1.54, 1.807) is 0 Å². The van der Waals surface area contributed by atoms with Gasteiger partial charge in [0, 0.05) is 0 Å². The minimum atomic E-state index is -0.918. The summed E-state index contributed by atoms with van der Waals surface area (Å²) in [6, 6.07) is 2.56. The minimum Gasteiger partial charge on any atom is -0.385 e. The maximum absolute atomic E-state index is 13.2. The number of hydrogen-bond acceptors (Lipinski definition) is 1. The SMILES string of the molecule is Cc1c(C2(O)CCC2)ccc(F)c1F. The van der Waals surface area contributed by atoms with Gasteiger partial charge in [0.15, 0.2) is 11.6 Å². The van der Waals surface area contributed by atoms with Crippen LogP contribution in [0.2, 0.25) is 0 Å². The fraction of sp³-hybridized carbons (Fsp3) is 0.455. The monoisotopic (exact) mass is 198 g/mol. The Hall–Kier alpha value is -0.960. The van der Waals surface area contributed by atoms with Crippen LogP contribution < -0.4 is 0 Å². The first-order valence-electron chi connectivity index (χ1n) is 4.72. The summed E-state index contributed by atoms with van der Waals surface area (Å²) >= 11 is 0. The molecule has 1 aliphatic rings. The maximum Gasteiger partial charge on any atom is 0.162 e. The van der Waals surface area contributed by atoms with Gasteiger partial charge in [0.25, 0.3) is 0 Å². The summed E-state index contributed by atoms with van der Waals surface area (Å²) in [6.45, 7) is 1.50. The van der Waals surface area contributed by atoms with Crippen molar-refractivity contribution in [3.05, 3.63) is 34.9 Å². The van der Waals surface area contributed by atoms with Crippen molar-refractivity contribution in [2.45, 2.75) is 31.8 Å². The highest BCUT2D eigenvalue weighted by molar-refractivity contribution is 5.34. The van der Waals surface area contributed by atoms with Crippen LogP contribution in [0.15, 0.2) is 12.1 Å². The van der Waals surface area contributed by atoms with Crippen molar-refractivity contribution < 1.29 is 13.9 Å². The highest BCUT2D eigenvalue weighted by atomic mass is 19.2. The van der Waals surface area contributed by atoms with E-state index >= 15 is 0 Å². The average Bonchev–Trinajstić information content (AvgIpc) is 2.11. The molecule has 1 aliphatic carbocycles. The molecule has 0 aliphatic heterocycles. The van der Waals surface area contributed by atoms with Crippen LogP contribution in [0.25, 0.3) is 0 Å². The molecule has 0 atom stereocenters. The molecule has 76 valence electrons. The zero-order chi connectivity index (χ0) is 10.3. The van der Waals surface area contributed by atoms with Crippen LogP contribution in [0.5, 0.6) is 0 Å². The topological polar surface area (TPSA) is 20.2 Å². The summed E-state index contributed by atoms with van der Waals surface area (Å²) in [5, 5.41) is 9.99. The Balaban J connectivity index is 2.49. The van der Waals surface area contributed by atoms with E-state index in [4.69, 9.17) is 0 Å². The van der Waals surface area contributed by atoms with E-state index in [9.17, 15) is 13.9 Å². The Morgan fingerprint density at radius 3 is 2.43 bits per heavy atom. The lowest BCUT2D eigenvalue weighted by atomic mass is 9.73. The Morgan fingerprint density at radius 2 is 1.93 bits per heavy atom. The number of aliphatic hydroxyl groups is 1. The van der Waals surface area contributed by atoms with E-state index in [1.807, 2.05) is 0 Å². The molecule has 1 nitrogen and oxygen atoms in total. The van der Waals surface area contributed by atoms with Crippen molar-refractivity contribution in [2.75, 3.05) is 0 Å². The Kier molecular flexibility index (Phi) is 2.07. The predicted molar refractivity (Wildman–Crippen MR) is 48.8 cm³/mol. The standard InChI is InChI=1S/C11H12F2O/c1-7-8(11(14)5-2-6-11)3-4-9(12)10(7)13/h3-4,14H,2,5-6H2,1H3. The fourth-order valence-electron chi connectivity index (χ4n) is 1.94. The average molecular weight is 198 g/mol. The smallest absolute Gasteiger partial charge is 0.162 e. The molecule has 14 heavy (non-hydrogen) atoms. The Morgan fingerprint density at radius 1 is 1.29 bits per heavy atom. The van der Waals surface area contributed by atoms with Crippen molar-refractivity contribution in [1.29, 1.82) is 0 Å². The second kappa shape index (κ2) is 3.02. The molecule has 0 heterocycles. The Bertz CT molecular complexity index is 370. The lowest BCUT2D eigenvalue weighted by Gasteiger charge is -2.38. The summed E-state index contributed by atoms with van der Waals surface area (Å²) < 4.78 is 26.0. The summed E-state index contributed by atoms with van der Waals surface area (Å²) in [6.07, 6.45) is 2.22. The maximum atomic E-state index is 13.2. The first-order chi connectivity index (χ1) is 6.54. The van der Waals surface area contributed by atoms with Gasteiger partial charge in [0.1, 0.15) is 0 Å². The molecule has 3 heteroatoms. The molecule has 1 N–H and O–H groups in total. The molecule has 1 aromatic carbocycles. The minimum absolute atomic E-state index is 0.229. The molecule has 0 spiro atoms. The van der Waals surface area contributed by atoms with Gasteiger partial charge >= 0.3 is 0 Å². The van der Waals surface area contributed by atoms with Crippen molar-refractivity contribution in [3.63, 3.8) is 0 Å². The van der Waals surface area contributed by atoms with E-state index in [-0.39, 0.29) is 5.56 Å². The quantitative estimate of drug-likeness (QED) is 0.735. The van der Waals surface area contributed by atoms with Gasteiger partial charge in [-0.15, -0.1) is 0 Å². The van der Waals surface area contributed by atoms with Crippen LogP contribution in [0, 0.1) is 18.6 Å². The van der Waals surface area contributed by atoms with E-state index in [1.165, 1.54) is 13.0 Å². The molecule has 2 rings (SSSR count). The lowest BCUT2D eigenvalue weighted by Crippen LogP contribution is -2.34. The van der Waals surface area contributed by atoms with Gasteiger partial charge in [0.2, 0.25) is 0 Å². The van der Waals surface area contributed by atoms with Gasteiger partial charge < -0.3 is 5.11 Å². The normalized spacial score (nSPS) is 19.1. The fourth-order valence-corrected chi connectivity index (χ4v) is 1.94. The van der Waals surface area contributed by atoms with Crippen molar-refractivity contribution >= 4 is 0 Å². The summed E-state index contributed by atoms with van der Waals surface area (Å²) in [5.41, 5.74) is -0.159. The third kappa shape index (κ3) is 1.23. The first-order valence-corrected chi connectivity index (χ1v) is 4.72. The lowest BCUT2D eigenvalue weighted by molar-refractivity contribution is -0.0396. The van der Waals surface area contributed by atoms with E-state index < -0.39 is 17.2 Å². The number of rotatable bonds is 1. The largest absolute Gasteiger partial charge is 0.385 e. The van der Waals surface area contributed by atoms with Gasteiger partial charge in [-0.3, -0.25) is 0 Å². The van der Waals surface area contributed by atoms with Gasteiger partial charge in [0.05, 0.1) is 5.60 Å². The molecule has 0 bridgehead atoms. The molecule has 0 saturated heterocycles. The second-order valence-electron chi connectivity index (χ2n) is 3.92. The molecule has 0 amide bonds. The predicted octanol–water partition coefficient (Wildman–Crippen LogP) is 2.64. The molecule has 0 radical (unpaired) electrons. The number of halogens is 2. The van der Waals surface area contributed by atoms with Crippen LogP contribution in [0.1, 0.15) is 30.4 Å². The molecule has 0 aromatic heterocycles. The third-order valence-corrected chi connectivity index (χ3v) is 3.02. The van der Waals surface area contributed by atoms with Crippen LogP contribution in [0.4, 0.5) is 8.78 Å². The third-order valence-electron chi connectivity index (χ3n) is 3.02. The molecule has 1 fully saturated rings. The molecular weight excluding hydrogens is 186 g/mol.